The number of benzene rings is 1. The maximum absolute atomic E-state index is 11.8. The summed E-state index contributed by atoms with van der Waals surface area (Å²) in [6.45, 7) is 2.56. The molecule has 0 saturated carbocycles. The van der Waals surface area contributed by atoms with Crippen LogP contribution in [0.4, 0.5) is 4.79 Å². The molecule has 2 N–H and O–H groups in total. The minimum Gasteiger partial charge on any atom is -0.497 e. The second kappa shape index (κ2) is 8.38. The number of carbonyl (C=O) groups is 1. The van der Waals surface area contributed by atoms with Gasteiger partial charge in [-0.05, 0) is 37.5 Å². The zero-order chi connectivity index (χ0) is 15.8. The molecule has 1 heterocycles. The van der Waals surface area contributed by atoms with Gasteiger partial charge in [0.25, 0.3) is 0 Å². The predicted octanol–water partition coefficient (Wildman–Crippen LogP) is 3.14. The number of aryl methyl sites for hydroxylation is 1. The lowest BCUT2D eigenvalue weighted by atomic mass is 10.1. The molecule has 0 aliphatic heterocycles. The number of thiazole rings is 1. The first-order valence-corrected chi connectivity index (χ1v) is 8.13. The molecular weight excluding hydrogens is 298 g/mol. The first kappa shape index (κ1) is 16.3. The van der Waals surface area contributed by atoms with Crippen molar-refractivity contribution in [3.63, 3.8) is 0 Å². The summed E-state index contributed by atoms with van der Waals surface area (Å²) in [6.07, 6.45) is 3.52. The maximum Gasteiger partial charge on any atom is 0.315 e. The predicted molar refractivity (Wildman–Crippen MR) is 88.4 cm³/mol. The summed E-state index contributed by atoms with van der Waals surface area (Å²) >= 11 is 1.54. The Morgan fingerprint density at radius 2 is 2.32 bits per heavy atom. The Labute approximate surface area is 134 Å². The van der Waals surface area contributed by atoms with Crippen molar-refractivity contribution in [3.8, 4) is 5.75 Å². The molecule has 1 aromatic carbocycles. The van der Waals surface area contributed by atoms with Gasteiger partial charge in [-0.25, -0.2) is 9.78 Å². The van der Waals surface area contributed by atoms with Crippen molar-refractivity contribution in [2.75, 3.05) is 13.7 Å². The van der Waals surface area contributed by atoms with Crippen LogP contribution >= 0.6 is 11.3 Å². The van der Waals surface area contributed by atoms with Gasteiger partial charge >= 0.3 is 6.03 Å². The molecule has 0 radical (unpaired) electrons. The number of hydrogen-bond donors (Lipinski definition) is 2. The summed E-state index contributed by atoms with van der Waals surface area (Å²) in [5.41, 5.74) is 1.21. The largest absolute Gasteiger partial charge is 0.497 e. The average molecular weight is 319 g/mol. The highest BCUT2D eigenvalue weighted by Gasteiger charge is 2.10. The van der Waals surface area contributed by atoms with E-state index in [9.17, 15) is 4.79 Å². The van der Waals surface area contributed by atoms with Crippen LogP contribution < -0.4 is 15.4 Å². The van der Waals surface area contributed by atoms with Crippen LogP contribution in [0.1, 0.15) is 30.0 Å². The van der Waals surface area contributed by atoms with Gasteiger partial charge in [-0.1, -0.05) is 12.1 Å². The molecule has 1 atom stereocenters. The van der Waals surface area contributed by atoms with E-state index in [4.69, 9.17) is 4.74 Å². The summed E-state index contributed by atoms with van der Waals surface area (Å²) in [5, 5.41) is 8.56. The Morgan fingerprint density at radius 3 is 3.05 bits per heavy atom. The molecule has 5 nitrogen and oxygen atoms in total. The average Bonchev–Trinajstić information content (AvgIpc) is 3.06. The van der Waals surface area contributed by atoms with Crippen LogP contribution in [0.3, 0.4) is 0 Å². The number of ether oxygens (including phenoxy) is 1. The summed E-state index contributed by atoms with van der Waals surface area (Å²) in [4.78, 5) is 16.0. The molecule has 6 heteroatoms. The highest BCUT2D eigenvalue weighted by Crippen LogP contribution is 2.15. The smallest absolute Gasteiger partial charge is 0.315 e. The van der Waals surface area contributed by atoms with E-state index in [1.807, 2.05) is 30.5 Å². The molecule has 1 aromatic heterocycles. The summed E-state index contributed by atoms with van der Waals surface area (Å²) < 4.78 is 5.19. The third-order valence-electron chi connectivity index (χ3n) is 3.23. The normalized spacial score (nSPS) is 11.7. The van der Waals surface area contributed by atoms with E-state index in [1.54, 1.807) is 13.3 Å². The monoisotopic (exact) mass is 319 g/mol. The SMILES string of the molecule is COc1cccc(CCCNC(=O)N[C@H](C)c2nccs2)c1. The number of carbonyl (C=O) groups excluding carboxylic acids is 1. The molecule has 0 aliphatic rings. The highest BCUT2D eigenvalue weighted by atomic mass is 32.1. The maximum atomic E-state index is 11.8. The zero-order valence-corrected chi connectivity index (χ0v) is 13.7. The second-order valence-electron chi connectivity index (χ2n) is 4.95. The van der Waals surface area contributed by atoms with Gasteiger partial charge in [-0.3, -0.25) is 0 Å². The van der Waals surface area contributed by atoms with Gasteiger partial charge in [0, 0.05) is 18.1 Å². The number of nitrogens with one attached hydrogen (secondary N) is 2. The lowest BCUT2D eigenvalue weighted by Crippen LogP contribution is -2.37. The van der Waals surface area contributed by atoms with Crippen LogP contribution in [0.25, 0.3) is 0 Å². The molecule has 0 unspecified atom stereocenters. The Hall–Kier alpha value is -2.08. The van der Waals surface area contributed by atoms with E-state index >= 15 is 0 Å². The molecule has 2 aromatic rings. The lowest BCUT2D eigenvalue weighted by Gasteiger charge is -2.12. The third-order valence-corrected chi connectivity index (χ3v) is 4.19. The number of amides is 2. The summed E-state index contributed by atoms with van der Waals surface area (Å²) in [5.74, 6) is 0.862. The van der Waals surface area contributed by atoms with E-state index in [-0.39, 0.29) is 12.1 Å². The second-order valence-corrected chi connectivity index (χ2v) is 5.87. The van der Waals surface area contributed by atoms with Gasteiger partial charge < -0.3 is 15.4 Å². The van der Waals surface area contributed by atoms with Crippen LogP contribution in [0.2, 0.25) is 0 Å². The van der Waals surface area contributed by atoms with Gasteiger partial charge in [0.1, 0.15) is 10.8 Å². The van der Waals surface area contributed by atoms with Crippen molar-refractivity contribution in [1.29, 1.82) is 0 Å². The molecule has 0 saturated heterocycles. The standard InChI is InChI=1S/C16H21N3O2S/c1-12(15-17-9-10-22-15)19-16(20)18-8-4-6-13-5-3-7-14(11-13)21-2/h3,5,7,9-12H,4,6,8H2,1-2H3,(H2,18,19,20)/t12-/m1/s1. The lowest BCUT2D eigenvalue weighted by molar-refractivity contribution is 0.238. The fourth-order valence-corrected chi connectivity index (χ4v) is 2.73. The van der Waals surface area contributed by atoms with Crippen LogP contribution in [0, 0.1) is 0 Å². The molecule has 0 spiro atoms. The molecule has 0 bridgehead atoms. The summed E-state index contributed by atoms with van der Waals surface area (Å²) in [6, 6.07) is 7.75. The topological polar surface area (TPSA) is 63.2 Å². The Kier molecular flexibility index (Phi) is 6.21. The number of hydrogen-bond acceptors (Lipinski definition) is 4. The molecule has 118 valence electrons. The van der Waals surface area contributed by atoms with E-state index < -0.39 is 0 Å². The number of nitrogens with zero attached hydrogens (tertiary/aromatic N) is 1. The summed E-state index contributed by atoms with van der Waals surface area (Å²) in [7, 11) is 1.66. The van der Waals surface area contributed by atoms with E-state index in [1.165, 1.54) is 16.9 Å². The fourth-order valence-electron chi connectivity index (χ4n) is 2.08. The highest BCUT2D eigenvalue weighted by molar-refractivity contribution is 7.09. The van der Waals surface area contributed by atoms with Crippen molar-refractivity contribution in [3.05, 3.63) is 46.4 Å². The minimum atomic E-state index is -0.159. The van der Waals surface area contributed by atoms with Gasteiger partial charge in [0.15, 0.2) is 0 Å². The number of aromatic nitrogens is 1. The number of methoxy groups -OCH3 is 1. The number of urea groups is 1. The molecule has 0 aliphatic carbocycles. The Bertz CT molecular complexity index is 587. The minimum absolute atomic E-state index is 0.0709. The van der Waals surface area contributed by atoms with Crippen molar-refractivity contribution in [2.24, 2.45) is 0 Å². The first-order chi connectivity index (χ1) is 10.7. The van der Waals surface area contributed by atoms with Crippen molar-refractivity contribution in [1.82, 2.24) is 15.6 Å². The fraction of sp³-hybridized carbons (Fsp3) is 0.375. The molecule has 2 rings (SSSR count). The third kappa shape index (κ3) is 5.04. The van der Waals surface area contributed by atoms with Crippen molar-refractivity contribution >= 4 is 17.4 Å². The van der Waals surface area contributed by atoms with Crippen molar-refractivity contribution < 1.29 is 9.53 Å². The van der Waals surface area contributed by atoms with Crippen LogP contribution in [0.5, 0.6) is 5.75 Å². The van der Waals surface area contributed by atoms with E-state index in [0.717, 1.165) is 23.6 Å². The van der Waals surface area contributed by atoms with Crippen LogP contribution in [0.15, 0.2) is 35.8 Å². The first-order valence-electron chi connectivity index (χ1n) is 7.25. The molecular formula is C16H21N3O2S. The van der Waals surface area contributed by atoms with Crippen LogP contribution in [-0.2, 0) is 6.42 Å². The van der Waals surface area contributed by atoms with Gasteiger partial charge in [0.05, 0.1) is 13.2 Å². The van der Waals surface area contributed by atoms with Crippen LogP contribution in [-0.4, -0.2) is 24.7 Å². The van der Waals surface area contributed by atoms with Crippen molar-refractivity contribution in [2.45, 2.75) is 25.8 Å². The van der Waals surface area contributed by atoms with Gasteiger partial charge in [-0.2, -0.15) is 0 Å². The van der Waals surface area contributed by atoms with E-state index in [0.29, 0.717) is 6.54 Å². The molecule has 0 fully saturated rings. The van der Waals surface area contributed by atoms with E-state index in [2.05, 4.69) is 21.7 Å². The molecule has 2 amide bonds. The zero-order valence-electron chi connectivity index (χ0n) is 12.8. The Morgan fingerprint density at radius 1 is 1.45 bits per heavy atom. The van der Waals surface area contributed by atoms with Gasteiger partial charge in [-0.15, -0.1) is 11.3 Å². The Balaban J connectivity index is 1.66. The quantitative estimate of drug-likeness (QED) is 0.771. The van der Waals surface area contributed by atoms with Gasteiger partial charge in [0.2, 0.25) is 0 Å². The molecule has 22 heavy (non-hydrogen) atoms. The number of rotatable bonds is 7.